The predicted octanol–water partition coefficient (Wildman–Crippen LogP) is 2.28. The Kier molecular flexibility index (Phi) is 3.02. The number of aryl methyl sites for hydroxylation is 1. The first-order valence-corrected chi connectivity index (χ1v) is 5.65. The van der Waals surface area contributed by atoms with E-state index >= 15 is 0 Å². The summed E-state index contributed by atoms with van der Waals surface area (Å²) in [4.78, 5) is 8.41. The maximum absolute atomic E-state index is 6.13. The topological polar surface area (TPSA) is 55.6 Å². The molecule has 0 atom stereocenters. The molecule has 2 heterocycles. The number of rotatable bonds is 2. The van der Waals surface area contributed by atoms with E-state index in [0.29, 0.717) is 5.02 Å². The molecule has 0 unspecified atom stereocenters. The smallest absolute Gasteiger partial charge is 0.162 e. The maximum atomic E-state index is 6.13. The van der Waals surface area contributed by atoms with Crippen molar-refractivity contribution in [3.05, 3.63) is 28.3 Å². The number of anilines is 1. The van der Waals surface area contributed by atoms with E-state index in [2.05, 4.69) is 20.4 Å². The lowest BCUT2D eigenvalue weighted by atomic mass is 10.3. The van der Waals surface area contributed by atoms with Crippen LogP contribution in [0.5, 0.6) is 0 Å². The Bertz CT molecular complexity index is 561. The molecule has 5 nitrogen and oxygen atoms in total. The third-order valence-corrected chi connectivity index (χ3v) is 3.24. The number of hydrogen-bond donors (Lipinski definition) is 1. The molecule has 2 aromatic rings. The van der Waals surface area contributed by atoms with Crippen LogP contribution in [0.2, 0.25) is 5.02 Å². The molecular weight excluding hydrogens is 238 g/mol. The molecule has 0 aliphatic carbocycles. The molecule has 0 aromatic carbocycles. The highest BCUT2D eigenvalue weighted by Gasteiger charge is 2.15. The van der Waals surface area contributed by atoms with Crippen molar-refractivity contribution < 1.29 is 0 Å². The lowest BCUT2D eigenvalue weighted by Gasteiger charge is -2.09. The first-order valence-electron chi connectivity index (χ1n) is 5.27. The minimum absolute atomic E-state index is 0.675. The highest BCUT2D eigenvalue weighted by molar-refractivity contribution is 6.31. The molecular formula is C11H14ClN5. The van der Waals surface area contributed by atoms with Crippen LogP contribution in [0.15, 0.2) is 6.33 Å². The predicted molar refractivity (Wildman–Crippen MR) is 67.9 cm³/mol. The number of halogens is 1. The fraction of sp³-hybridized carbons (Fsp3) is 0.364. The Balaban J connectivity index is 2.64. The van der Waals surface area contributed by atoms with Gasteiger partial charge in [0.2, 0.25) is 0 Å². The van der Waals surface area contributed by atoms with Crippen molar-refractivity contribution in [2.75, 3.05) is 12.4 Å². The molecule has 0 aliphatic heterocycles. The molecule has 90 valence electrons. The fourth-order valence-electron chi connectivity index (χ4n) is 1.74. The van der Waals surface area contributed by atoms with Gasteiger partial charge in [0.05, 0.1) is 16.4 Å². The van der Waals surface area contributed by atoms with Crippen LogP contribution in [0.3, 0.4) is 0 Å². The van der Waals surface area contributed by atoms with Crippen molar-refractivity contribution in [2.45, 2.75) is 20.8 Å². The normalized spacial score (nSPS) is 10.6. The van der Waals surface area contributed by atoms with Crippen molar-refractivity contribution >= 4 is 17.4 Å². The third-order valence-electron chi connectivity index (χ3n) is 2.70. The molecule has 0 saturated heterocycles. The molecule has 2 aromatic heterocycles. The van der Waals surface area contributed by atoms with Gasteiger partial charge in [-0.1, -0.05) is 11.6 Å². The zero-order valence-electron chi connectivity index (χ0n) is 10.2. The summed E-state index contributed by atoms with van der Waals surface area (Å²) >= 11 is 6.13. The van der Waals surface area contributed by atoms with Crippen LogP contribution >= 0.6 is 11.6 Å². The Morgan fingerprint density at radius 2 is 1.94 bits per heavy atom. The molecule has 2 rings (SSSR count). The van der Waals surface area contributed by atoms with Crippen LogP contribution in [0, 0.1) is 20.8 Å². The van der Waals surface area contributed by atoms with E-state index in [-0.39, 0.29) is 0 Å². The van der Waals surface area contributed by atoms with Crippen molar-refractivity contribution in [3.8, 4) is 5.82 Å². The van der Waals surface area contributed by atoms with Gasteiger partial charge in [0.1, 0.15) is 12.1 Å². The molecule has 1 N–H and O–H groups in total. The van der Waals surface area contributed by atoms with Gasteiger partial charge in [-0.3, -0.25) is 0 Å². The summed E-state index contributed by atoms with van der Waals surface area (Å²) in [7, 11) is 1.83. The lowest BCUT2D eigenvalue weighted by Crippen LogP contribution is -2.07. The van der Waals surface area contributed by atoms with Crippen LogP contribution in [-0.2, 0) is 0 Å². The zero-order valence-corrected chi connectivity index (χ0v) is 11.0. The summed E-state index contributed by atoms with van der Waals surface area (Å²) in [6.07, 6.45) is 1.51. The van der Waals surface area contributed by atoms with Gasteiger partial charge in [-0.05, 0) is 20.8 Å². The molecule has 0 radical (unpaired) electrons. The summed E-state index contributed by atoms with van der Waals surface area (Å²) in [5, 5.41) is 8.08. The van der Waals surface area contributed by atoms with Crippen LogP contribution in [0.25, 0.3) is 5.82 Å². The summed E-state index contributed by atoms with van der Waals surface area (Å²) in [5.41, 5.74) is 2.62. The number of nitrogens with one attached hydrogen (secondary N) is 1. The van der Waals surface area contributed by atoms with E-state index in [1.807, 2.05) is 27.8 Å². The second-order valence-corrected chi connectivity index (χ2v) is 4.20. The second-order valence-electron chi connectivity index (χ2n) is 3.82. The van der Waals surface area contributed by atoms with E-state index in [4.69, 9.17) is 11.6 Å². The molecule has 17 heavy (non-hydrogen) atoms. The van der Waals surface area contributed by atoms with Crippen LogP contribution in [0.1, 0.15) is 17.0 Å². The number of aromatic nitrogens is 4. The molecule has 0 spiro atoms. The summed E-state index contributed by atoms with van der Waals surface area (Å²) in [5.74, 6) is 1.54. The van der Waals surface area contributed by atoms with Crippen molar-refractivity contribution in [3.63, 3.8) is 0 Å². The summed E-state index contributed by atoms with van der Waals surface area (Å²) in [6, 6.07) is 0. The van der Waals surface area contributed by atoms with Gasteiger partial charge in [0.25, 0.3) is 0 Å². The van der Waals surface area contributed by atoms with E-state index in [9.17, 15) is 0 Å². The maximum Gasteiger partial charge on any atom is 0.162 e. The van der Waals surface area contributed by atoms with E-state index in [0.717, 1.165) is 28.6 Å². The SMILES string of the molecule is CNc1ncnc(-n2nc(C)c(Cl)c2C)c1C. The number of nitrogens with zero attached hydrogens (tertiary/aromatic N) is 4. The van der Waals surface area contributed by atoms with Crippen LogP contribution < -0.4 is 5.32 Å². The summed E-state index contributed by atoms with van der Waals surface area (Å²) < 4.78 is 1.75. The van der Waals surface area contributed by atoms with Gasteiger partial charge in [-0.25, -0.2) is 14.6 Å². The van der Waals surface area contributed by atoms with Crippen molar-refractivity contribution in [1.82, 2.24) is 19.7 Å². The van der Waals surface area contributed by atoms with E-state index in [1.165, 1.54) is 6.33 Å². The Labute approximate surface area is 105 Å². The second kappa shape index (κ2) is 4.33. The molecule has 0 saturated carbocycles. The summed E-state index contributed by atoms with van der Waals surface area (Å²) in [6.45, 7) is 5.75. The van der Waals surface area contributed by atoms with Gasteiger partial charge >= 0.3 is 0 Å². The quantitative estimate of drug-likeness (QED) is 0.890. The van der Waals surface area contributed by atoms with E-state index < -0.39 is 0 Å². The molecule has 0 aliphatic rings. The van der Waals surface area contributed by atoms with Gasteiger partial charge in [0, 0.05) is 12.6 Å². The Hall–Kier alpha value is -1.62. The number of hydrogen-bond acceptors (Lipinski definition) is 4. The molecule has 0 fully saturated rings. The van der Waals surface area contributed by atoms with Gasteiger partial charge in [-0.15, -0.1) is 0 Å². The Morgan fingerprint density at radius 3 is 2.47 bits per heavy atom. The largest absolute Gasteiger partial charge is 0.373 e. The fourth-order valence-corrected chi connectivity index (χ4v) is 1.85. The third kappa shape index (κ3) is 1.86. The monoisotopic (exact) mass is 251 g/mol. The first kappa shape index (κ1) is 11.9. The minimum Gasteiger partial charge on any atom is -0.373 e. The van der Waals surface area contributed by atoms with Gasteiger partial charge < -0.3 is 5.32 Å². The van der Waals surface area contributed by atoms with Crippen LogP contribution in [-0.4, -0.2) is 26.8 Å². The molecule has 0 amide bonds. The first-order chi connectivity index (χ1) is 8.06. The average Bonchev–Trinajstić information content (AvgIpc) is 2.57. The zero-order chi connectivity index (χ0) is 12.6. The lowest BCUT2D eigenvalue weighted by molar-refractivity contribution is 0.793. The minimum atomic E-state index is 0.675. The standard InChI is InChI=1S/C11H14ClN5/c1-6-10(13-4)14-5-15-11(6)17-8(3)9(12)7(2)16-17/h5H,1-4H3,(H,13,14,15). The molecule has 6 heteroatoms. The highest BCUT2D eigenvalue weighted by atomic mass is 35.5. The Morgan fingerprint density at radius 1 is 1.24 bits per heavy atom. The highest BCUT2D eigenvalue weighted by Crippen LogP contribution is 2.24. The van der Waals surface area contributed by atoms with Crippen molar-refractivity contribution in [2.24, 2.45) is 0 Å². The van der Waals surface area contributed by atoms with E-state index in [1.54, 1.807) is 4.68 Å². The van der Waals surface area contributed by atoms with Gasteiger partial charge in [0.15, 0.2) is 5.82 Å². The average molecular weight is 252 g/mol. The van der Waals surface area contributed by atoms with Gasteiger partial charge in [-0.2, -0.15) is 5.10 Å². The molecule has 0 bridgehead atoms. The van der Waals surface area contributed by atoms with Crippen molar-refractivity contribution in [1.29, 1.82) is 0 Å². The van der Waals surface area contributed by atoms with Crippen LogP contribution in [0.4, 0.5) is 5.82 Å².